The summed E-state index contributed by atoms with van der Waals surface area (Å²) in [7, 11) is 0. The van der Waals surface area contributed by atoms with Crippen LogP contribution in [0.2, 0.25) is 5.02 Å². The summed E-state index contributed by atoms with van der Waals surface area (Å²) in [6.45, 7) is 7.38. The van der Waals surface area contributed by atoms with Crippen LogP contribution in [0.3, 0.4) is 0 Å². The summed E-state index contributed by atoms with van der Waals surface area (Å²) in [5, 5.41) is 9.99. The molecule has 4 amide bonds. The van der Waals surface area contributed by atoms with Crippen LogP contribution in [0.15, 0.2) is 17.3 Å². The Morgan fingerprint density at radius 1 is 1.10 bits per heavy atom. The number of carbonyl (C=O) groups excluding carboxylic acids is 5. The van der Waals surface area contributed by atoms with Crippen LogP contribution in [-0.2, 0) is 28.8 Å². The first-order valence-electron chi connectivity index (χ1n) is 17.7. The minimum absolute atomic E-state index is 0. The first kappa shape index (κ1) is 40.0. The summed E-state index contributed by atoms with van der Waals surface area (Å²) in [5.41, 5.74) is 4.14. The Labute approximate surface area is 304 Å². The van der Waals surface area contributed by atoms with Crippen LogP contribution in [0.4, 0.5) is 4.39 Å². The Kier molecular flexibility index (Phi) is 12.8. The zero-order valence-corrected chi connectivity index (χ0v) is 30.1. The third-order valence-electron chi connectivity index (χ3n) is 10.2. The molecule has 0 unspecified atom stereocenters. The van der Waals surface area contributed by atoms with Crippen LogP contribution >= 0.6 is 11.6 Å². The highest BCUT2D eigenvalue weighted by Crippen LogP contribution is 2.41. The van der Waals surface area contributed by atoms with E-state index in [1.54, 1.807) is 6.92 Å². The third kappa shape index (κ3) is 9.58. The van der Waals surface area contributed by atoms with Gasteiger partial charge in [0.1, 0.15) is 12.1 Å². The van der Waals surface area contributed by atoms with Gasteiger partial charge in [0.25, 0.3) is 5.91 Å². The lowest BCUT2D eigenvalue weighted by Gasteiger charge is -2.36. The Balaban J connectivity index is 0.00000583. The van der Waals surface area contributed by atoms with Crippen molar-refractivity contribution in [1.82, 2.24) is 15.5 Å². The van der Waals surface area contributed by atoms with Crippen molar-refractivity contribution in [1.29, 1.82) is 0 Å². The number of carbonyl (C=O) groups is 5. The van der Waals surface area contributed by atoms with Gasteiger partial charge in [-0.15, -0.1) is 0 Å². The number of rotatable bonds is 13. The molecule has 1 aromatic carbocycles. The van der Waals surface area contributed by atoms with Crippen molar-refractivity contribution in [3.63, 3.8) is 0 Å². The summed E-state index contributed by atoms with van der Waals surface area (Å²) < 4.78 is 20.3. The van der Waals surface area contributed by atoms with E-state index in [-0.39, 0.29) is 68.4 Å². The van der Waals surface area contributed by atoms with Crippen LogP contribution in [0.25, 0.3) is 0 Å². The Bertz CT molecular complexity index is 1510. The van der Waals surface area contributed by atoms with Crippen molar-refractivity contribution >= 4 is 46.7 Å². The number of benzene rings is 1. The van der Waals surface area contributed by atoms with Crippen molar-refractivity contribution in [3.8, 4) is 5.75 Å². The number of likely N-dealkylation sites (tertiary alicyclic amines) is 1. The van der Waals surface area contributed by atoms with Crippen LogP contribution in [0, 0.1) is 23.1 Å². The van der Waals surface area contributed by atoms with Gasteiger partial charge in [-0.2, -0.15) is 0 Å². The van der Waals surface area contributed by atoms with Gasteiger partial charge in [0.05, 0.1) is 29.9 Å². The SMILES string of the molecule is C.CCOc1c(F)cc(C2=NO[C@]3(C2)C[C@@H](C(=O)N[C@@H](CC2CC2)C(=O)C(N)=O)N(C(=O)[C@@H](NC(=O)CC2CCCCC2)C(C)(C)C)C3)cc1Cl. The van der Waals surface area contributed by atoms with Gasteiger partial charge in [-0.1, -0.05) is 77.1 Å². The molecule has 0 radical (unpaired) electrons. The number of Topliss-reactive ketones (excluding diaryl/α,β-unsaturated/α-hetero) is 1. The molecule has 4 aliphatic rings. The van der Waals surface area contributed by atoms with Crippen LogP contribution in [0.5, 0.6) is 5.75 Å². The Morgan fingerprint density at radius 3 is 2.37 bits per heavy atom. The van der Waals surface area contributed by atoms with Crippen LogP contribution < -0.4 is 21.1 Å². The Hall–Kier alpha value is -3.74. The maximum absolute atomic E-state index is 14.9. The summed E-state index contributed by atoms with van der Waals surface area (Å²) >= 11 is 6.33. The minimum atomic E-state index is -1.18. The van der Waals surface area contributed by atoms with E-state index in [0.29, 0.717) is 17.7 Å². The van der Waals surface area contributed by atoms with Gasteiger partial charge in [0.2, 0.25) is 23.5 Å². The largest absolute Gasteiger partial charge is 0.489 e. The van der Waals surface area contributed by atoms with Crippen molar-refractivity contribution in [3.05, 3.63) is 28.5 Å². The zero-order chi connectivity index (χ0) is 36.4. The molecule has 5 rings (SSSR count). The van der Waals surface area contributed by atoms with E-state index in [9.17, 15) is 28.4 Å². The van der Waals surface area contributed by atoms with Gasteiger partial charge >= 0.3 is 0 Å². The van der Waals surface area contributed by atoms with Gasteiger partial charge < -0.3 is 30.8 Å². The lowest BCUT2D eigenvalue weighted by atomic mass is 9.84. The molecule has 3 fully saturated rings. The number of nitrogens with one attached hydrogen (secondary N) is 2. The molecule has 2 aliphatic heterocycles. The second-order valence-electron chi connectivity index (χ2n) is 15.4. The number of oxime groups is 1. The molecule has 1 saturated heterocycles. The van der Waals surface area contributed by atoms with Crippen molar-refractivity contribution < 1.29 is 37.9 Å². The van der Waals surface area contributed by atoms with E-state index in [1.165, 1.54) is 17.0 Å². The molecular weight excluding hydrogens is 681 g/mol. The molecule has 1 spiro atoms. The van der Waals surface area contributed by atoms with Gasteiger partial charge in [-0.3, -0.25) is 24.0 Å². The molecule has 12 nitrogen and oxygen atoms in total. The number of hydrogen-bond acceptors (Lipinski definition) is 8. The normalized spacial score (nSPS) is 23.1. The number of ether oxygens (including phenoxy) is 1. The van der Waals surface area contributed by atoms with Gasteiger partial charge in [0.15, 0.2) is 17.2 Å². The molecule has 14 heteroatoms. The van der Waals surface area contributed by atoms with E-state index in [0.717, 1.165) is 44.9 Å². The number of hydrogen-bond donors (Lipinski definition) is 3. The van der Waals surface area contributed by atoms with E-state index in [4.69, 9.17) is 26.9 Å². The predicted molar refractivity (Wildman–Crippen MR) is 190 cm³/mol. The number of ketones is 1. The standard InChI is InChI=1S/C36H49ClFN5O7.CH4/c1-5-49-30-23(37)15-22(16-24(30)38)26-17-36(50-42-26)18-27(33(47)40-25(13-21-11-12-21)29(45)32(39)46)43(19-36)34(48)31(35(2,3)4)41-28(44)14-20-9-7-6-8-10-20;/h15-16,20-21,25,27,31H,5-14,17-19H2,1-4H3,(H2,39,46)(H,40,47)(H,41,44);1H4/t25-,27-,31+,36+;/m0./s1. The monoisotopic (exact) mass is 733 g/mol. The number of amides is 4. The zero-order valence-electron chi connectivity index (χ0n) is 29.3. The molecule has 0 bridgehead atoms. The lowest BCUT2D eigenvalue weighted by molar-refractivity contribution is -0.145. The highest BCUT2D eigenvalue weighted by molar-refractivity contribution is 6.38. The third-order valence-corrected chi connectivity index (χ3v) is 10.5. The molecular formula is C37H53ClFN5O7. The molecule has 2 aliphatic carbocycles. The number of halogens is 2. The molecule has 51 heavy (non-hydrogen) atoms. The van der Waals surface area contributed by atoms with Crippen molar-refractivity contribution in [2.45, 2.75) is 129 Å². The highest BCUT2D eigenvalue weighted by atomic mass is 35.5. The summed E-state index contributed by atoms with van der Waals surface area (Å²) in [6.07, 6.45) is 7.65. The fourth-order valence-electron chi connectivity index (χ4n) is 7.34. The second kappa shape index (κ2) is 16.3. The molecule has 282 valence electrons. The number of primary amides is 1. The molecule has 0 aromatic heterocycles. The van der Waals surface area contributed by atoms with Gasteiger partial charge in [-0.05, 0) is 55.6 Å². The molecule has 2 heterocycles. The first-order valence-corrected chi connectivity index (χ1v) is 18.1. The molecule has 1 aromatic rings. The lowest BCUT2D eigenvalue weighted by Crippen LogP contribution is -2.59. The quantitative estimate of drug-likeness (QED) is 0.244. The molecule has 4 N–H and O–H groups in total. The fourth-order valence-corrected chi connectivity index (χ4v) is 7.60. The average molecular weight is 734 g/mol. The van der Waals surface area contributed by atoms with Gasteiger partial charge in [0, 0.05) is 24.8 Å². The van der Waals surface area contributed by atoms with E-state index >= 15 is 0 Å². The van der Waals surface area contributed by atoms with Crippen LogP contribution in [-0.4, -0.2) is 76.9 Å². The average Bonchev–Trinajstić information content (AvgIpc) is 3.65. The Morgan fingerprint density at radius 2 is 1.78 bits per heavy atom. The van der Waals surface area contributed by atoms with E-state index in [1.807, 2.05) is 20.8 Å². The number of nitrogens with two attached hydrogens (primary N) is 1. The second-order valence-corrected chi connectivity index (χ2v) is 15.8. The summed E-state index contributed by atoms with van der Waals surface area (Å²) in [6, 6.07) is -0.497. The maximum atomic E-state index is 14.9. The smallest absolute Gasteiger partial charge is 0.287 e. The molecule has 2 saturated carbocycles. The van der Waals surface area contributed by atoms with Crippen molar-refractivity contribution in [2.24, 2.45) is 28.1 Å². The van der Waals surface area contributed by atoms with Crippen LogP contribution in [0.1, 0.15) is 111 Å². The molecule has 4 atom stereocenters. The maximum Gasteiger partial charge on any atom is 0.287 e. The van der Waals surface area contributed by atoms with E-state index < -0.39 is 58.5 Å². The number of nitrogens with zero attached hydrogens (tertiary/aromatic N) is 2. The summed E-state index contributed by atoms with van der Waals surface area (Å²) in [5.74, 6) is -3.74. The minimum Gasteiger partial charge on any atom is -0.489 e. The topological polar surface area (TPSA) is 169 Å². The van der Waals surface area contributed by atoms with E-state index in [2.05, 4.69) is 15.8 Å². The van der Waals surface area contributed by atoms with Crippen molar-refractivity contribution in [2.75, 3.05) is 13.2 Å². The first-order chi connectivity index (χ1) is 23.6. The fraction of sp³-hybridized carbons (Fsp3) is 0.676. The van der Waals surface area contributed by atoms with Gasteiger partial charge in [-0.25, -0.2) is 4.39 Å². The summed E-state index contributed by atoms with van der Waals surface area (Å²) in [4.78, 5) is 73.9. The highest BCUT2D eigenvalue weighted by Gasteiger charge is 2.56. The predicted octanol–water partition coefficient (Wildman–Crippen LogP) is 4.82.